The highest BCUT2D eigenvalue weighted by Crippen LogP contribution is 2.21. The summed E-state index contributed by atoms with van der Waals surface area (Å²) >= 11 is 0. The van der Waals surface area contributed by atoms with E-state index >= 15 is 0 Å². The molecule has 1 aromatic carbocycles. The van der Waals surface area contributed by atoms with Crippen LogP contribution in [0.2, 0.25) is 0 Å². The number of carbonyl (C=O) groups excluding carboxylic acids is 1. The Balaban J connectivity index is 2.25. The maximum Gasteiger partial charge on any atom is 0.303 e. The van der Waals surface area contributed by atoms with Gasteiger partial charge in [-0.3, -0.25) is 9.59 Å². The van der Waals surface area contributed by atoms with Crippen molar-refractivity contribution in [1.29, 1.82) is 0 Å². The first-order valence-electron chi connectivity index (χ1n) is 6.68. The maximum absolute atomic E-state index is 11.6. The van der Waals surface area contributed by atoms with Crippen LogP contribution in [0.1, 0.15) is 30.4 Å². The van der Waals surface area contributed by atoms with E-state index < -0.39 is 5.97 Å². The zero-order valence-electron chi connectivity index (χ0n) is 11.9. The van der Waals surface area contributed by atoms with Gasteiger partial charge in [0.2, 0.25) is 0 Å². The molecular formula is C15H21NO4. The van der Waals surface area contributed by atoms with Crippen molar-refractivity contribution < 1.29 is 19.4 Å². The van der Waals surface area contributed by atoms with Crippen LogP contribution in [0, 0.1) is 13.8 Å². The highest BCUT2D eigenvalue weighted by atomic mass is 16.5. The van der Waals surface area contributed by atoms with Crippen LogP contribution in [0.25, 0.3) is 0 Å². The minimum atomic E-state index is -0.810. The molecule has 2 N–H and O–H groups in total. The molecular weight excluding hydrogens is 258 g/mol. The Hall–Kier alpha value is -2.04. The number of aryl methyl sites for hydroxylation is 2. The van der Waals surface area contributed by atoms with Gasteiger partial charge in [0.25, 0.3) is 5.91 Å². The lowest BCUT2D eigenvalue weighted by Crippen LogP contribution is -2.30. The Morgan fingerprint density at radius 1 is 1.20 bits per heavy atom. The number of carbonyl (C=O) groups is 2. The third kappa shape index (κ3) is 5.73. The zero-order chi connectivity index (χ0) is 15.0. The van der Waals surface area contributed by atoms with E-state index in [0.717, 1.165) is 16.9 Å². The van der Waals surface area contributed by atoms with Crippen LogP contribution in [0.4, 0.5) is 0 Å². The number of aliphatic carboxylic acids is 1. The quantitative estimate of drug-likeness (QED) is 0.714. The monoisotopic (exact) mass is 279 g/mol. The predicted molar refractivity (Wildman–Crippen MR) is 75.9 cm³/mol. The van der Waals surface area contributed by atoms with Crippen molar-refractivity contribution in [2.45, 2.75) is 33.1 Å². The number of carboxylic acid groups (broad SMARTS) is 1. The topological polar surface area (TPSA) is 75.6 Å². The third-order valence-corrected chi connectivity index (χ3v) is 2.90. The Morgan fingerprint density at radius 3 is 2.45 bits per heavy atom. The van der Waals surface area contributed by atoms with Crippen LogP contribution in [0.3, 0.4) is 0 Å². The number of amides is 1. The van der Waals surface area contributed by atoms with E-state index in [9.17, 15) is 9.59 Å². The molecule has 1 aromatic rings. The molecule has 1 rings (SSSR count). The maximum atomic E-state index is 11.6. The summed E-state index contributed by atoms with van der Waals surface area (Å²) < 4.78 is 5.52. The van der Waals surface area contributed by atoms with Gasteiger partial charge in [-0.15, -0.1) is 0 Å². The summed E-state index contributed by atoms with van der Waals surface area (Å²) in [5.74, 6) is -0.258. The van der Waals surface area contributed by atoms with Gasteiger partial charge in [0.1, 0.15) is 5.75 Å². The molecule has 0 atom stereocenters. The second-order valence-corrected chi connectivity index (χ2v) is 4.71. The van der Waals surface area contributed by atoms with E-state index in [-0.39, 0.29) is 18.9 Å². The number of benzene rings is 1. The Kier molecular flexibility index (Phi) is 6.56. The van der Waals surface area contributed by atoms with Gasteiger partial charge in [-0.25, -0.2) is 0 Å². The molecule has 0 saturated carbocycles. The number of nitrogens with one attached hydrogen (secondary N) is 1. The summed E-state index contributed by atoms with van der Waals surface area (Å²) in [5, 5.41) is 11.2. The SMILES string of the molecule is Cc1cccc(C)c1OCC(=O)NCCCCC(=O)O. The summed E-state index contributed by atoms with van der Waals surface area (Å²) in [6.07, 6.45) is 1.35. The third-order valence-electron chi connectivity index (χ3n) is 2.90. The number of carboxylic acids is 1. The van der Waals surface area contributed by atoms with Crippen molar-refractivity contribution in [3.05, 3.63) is 29.3 Å². The van der Waals surface area contributed by atoms with Crippen molar-refractivity contribution in [1.82, 2.24) is 5.32 Å². The molecule has 0 saturated heterocycles. The number of hydrogen-bond donors (Lipinski definition) is 2. The lowest BCUT2D eigenvalue weighted by molar-refractivity contribution is -0.137. The van der Waals surface area contributed by atoms with Gasteiger partial charge in [0.15, 0.2) is 6.61 Å². The second kappa shape index (κ2) is 8.19. The highest BCUT2D eigenvalue weighted by Gasteiger charge is 2.06. The smallest absolute Gasteiger partial charge is 0.303 e. The molecule has 0 aliphatic heterocycles. The molecule has 110 valence electrons. The number of unbranched alkanes of at least 4 members (excludes halogenated alkanes) is 1. The molecule has 1 amide bonds. The Bertz CT molecular complexity index is 451. The molecule has 0 aliphatic carbocycles. The van der Waals surface area contributed by atoms with Gasteiger partial charge < -0.3 is 15.2 Å². The van der Waals surface area contributed by atoms with Gasteiger partial charge >= 0.3 is 5.97 Å². The first-order valence-corrected chi connectivity index (χ1v) is 6.68. The molecule has 0 aromatic heterocycles. The van der Waals surface area contributed by atoms with Gasteiger partial charge in [-0.2, -0.15) is 0 Å². The van der Waals surface area contributed by atoms with Gasteiger partial charge in [-0.05, 0) is 37.8 Å². The molecule has 20 heavy (non-hydrogen) atoms. The van der Waals surface area contributed by atoms with E-state index in [1.54, 1.807) is 0 Å². The largest absolute Gasteiger partial charge is 0.483 e. The van der Waals surface area contributed by atoms with Gasteiger partial charge in [0, 0.05) is 13.0 Å². The molecule has 0 aliphatic rings. The summed E-state index contributed by atoms with van der Waals surface area (Å²) in [6.45, 7) is 4.32. The van der Waals surface area contributed by atoms with Crippen molar-refractivity contribution in [2.24, 2.45) is 0 Å². The summed E-state index contributed by atoms with van der Waals surface area (Å²) in [4.78, 5) is 21.9. The number of hydrogen-bond acceptors (Lipinski definition) is 3. The first kappa shape index (κ1) is 16.0. The van der Waals surface area contributed by atoms with E-state index in [2.05, 4.69) is 5.32 Å². The Morgan fingerprint density at radius 2 is 1.85 bits per heavy atom. The fourth-order valence-electron chi connectivity index (χ4n) is 1.84. The summed E-state index contributed by atoms with van der Waals surface area (Å²) in [6, 6.07) is 5.82. The minimum Gasteiger partial charge on any atom is -0.483 e. The van der Waals surface area contributed by atoms with Crippen molar-refractivity contribution in [2.75, 3.05) is 13.2 Å². The van der Waals surface area contributed by atoms with E-state index in [1.165, 1.54) is 0 Å². The van der Waals surface area contributed by atoms with Crippen molar-refractivity contribution >= 4 is 11.9 Å². The van der Waals surface area contributed by atoms with E-state index in [4.69, 9.17) is 9.84 Å². The van der Waals surface area contributed by atoms with Crippen LogP contribution in [0.5, 0.6) is 5.75 Å². The molecule has 5 nitrogen and oxygen atoms in total. The van der Waals surface area contributed by atoms with Crippen LogP contribution in [0.15, 0.2) is 18.2 Å². The van der Waals surface area contributed by atoms with Crippen LogP contribution in [-0.4, -0.2) is 30.1 Å². The lowest BCUT2D eigenvalue weighted by atomic mass is 10.1. The van der Waals surface area contributed by atoms with Crippen molar-refractivity contribution in [3.8, 4) is 5.75 Å². The predicted octanol–water partition coefficient (Wildman–Crippen LogP) is 2.05. The zero-order valence-corrected chi connectivity index (χ0v) is 11.9. The molecule has 0 spiro atoms. The van der Waals surface area contributed by atoms with Gasteiger partial charge in [0.05, 0.1) is 0 Å². The Labute approximate surface area is 118 Å². The lowest BCUT2D eigenvalue weighted by Gasteiger charge is -2.11. The fourth-order valence-corrected chi connectivity index (χ4v) is 1.84. The number of ether oxygens (including phenoxy) is 1. The molecule has 0 radical (unpaired) electrons. The van der Waals surface area contributed by atoms with Crippen LogP contribution < -0.4 is 10.1 Å². The molecule has 0 bridgehead atoms. The van der Waals surface area contributed by atoms with Gasteiger partial charge in [-0.1, -0.05) is 18.2 Å². The summed E-state index contributed by atoms with van der Waals surface area (Å²) in [5.41, 5.74) is 2.00. The normalized spacial score (nSPS) is 10.1. The average molecular weight is 279 g/mol. The van der Waals surface area contributed by atoms with Crippen LogP contribution >= 0.6 is 0 Å². The molecule has 0 unspecified atom stereocenters. The number of rotatable bonds is 8. The molecule has 5 heteroatoms. The minimum absolute atomic E-state index is 0.0232. The van der Waals surface area contributed by atoms with Crippen LogP contribution in [-0.2, 0) is 9.59 Å². The second-order valence-electron chi connectivity index (χ2n) is 4.71. The van der Waals surface area contributed by atoms with E-state index in [0.29, 0.717) is 19.4 Å². The summed E-state index contributed by atoms with van der Waals surface area (Å²) in [7, 11) is 0. The molecule has 0 heterocycles. The van der Waals surface area contributed by atoms with Crippen molar-refractivity contribution in [3.63, 3.8) is 0 Å². The van der Waals surface area contributed by atoms with E-state index in [1.807, 2.05) is 32.0 Å². The fraction of sp³-hybridized carbons (Fsp3) is 0.467. The average Bonchev–Trinajstić information content (AvgIpc) is 2.37. The number of para-hydroxylation sites is 1. The standard InChI is InChI=1S/C15H21NO4/c1-11-6-5-7-12(2)15(11)20-10-13(17)16-9-4-3-8-14(18)19/h5-7H,3-4,8-10H2,1-2H3,(H,16,17)(H,18,19). The highest BCUT2D eigenvalue weighted by molar-refractivity contribution is 5.77. The molecule has 0 fully saturated rings. The first-order chi connectivity index (χ1) is 9.50.